The van der Waals surface area contributed by atoms with Crippen LogP contribution >= 0.6 is 0 Å². The van der Waals surface area contributed by atoms with E-state index in [-0.39, 0.29) is 69.5 Å². The number of benzene rings is 3. The van der Waals surface area contributed by atoms with Crippen LogP contribution in [0.4, 0.5) is 35.5 Å². The molecule has 2 unspecified atom stereocenters. The van der Waals surface area contributed by atoms with E-state index in [9.17, 15) is 49.9 Å². The molecule has 55 heavy (non-hydrogen) atoms. The molecule has 3 aromatic rings. The number of carbonyl (C=O) groups excluding carboxylic acids is 4. The van der Waals surface area contributed by atoms with Crippen molar-refractivity contribution in [2.45, 2.75) is 76.7 Å². The van der Waals surface area contributed by atoms with Crippen molar-refractivity contribution in [3.05, 3.63) is 106 Å². The summed E-state index contributed by atoms with van der Waals surface area (Å²) >= 11 is 0. The maximum atomic E-state index is 14.1. The first-order valence-electron chi connectivity index (χ1n) is 17.5. The molecule has 3 N–H and O–H groups in total. The van der Waals surface area contributed by atoms with E-state index in [1.54, 1.807) is 6.92 Å². The fourth-order valence-electron chi connectivity index (χ4n) is 6.95. The summed E-state index contributed by atoms with van der Waals surface area (Å²) in [5.41, 5.74) is 3.51. The quantitative estimate of drug-likeness (QED) is 0.176. The lowest BCUT2D eigenvalue weighted by atomic mass is 9.85. The van der Waals surface area contributed by atoms with Gasteiger partial charge < -0.3 is 19.9 Å². The van der Waals surface area contributed by atoms with E-state index in [0.29, 0.717) is 23.3 Å². The van der Waals surface area contributed by atoms with Gasteiger partial charge in [-0.2, -0.15) is 26.3 Å². The lowest BCUT2D eigenvalue weighted by Crippen LogP contribution is -2.54. The van der Waals surface area contributed by atoms with Gasteiger partial charge in [0.05, 0.1) is 29.9 Å². The fraction of sp³-hybridized carbons (Fsp3) is 0.421. The Morgan fingerprint density at radius 2 is 1.47 bits per heavy atom. The van der Waals surface area contributed by atoms with E-state index < -0.39 is 71.2 Å². The topological polar surface area (TPSA) is 120 Å². The molecule has 0 aromatic heterocycles. The first-order chi connectivity index (χ1) is 25.9. The molecule has 2 aliphatic heterocycles. The molecular weight excluding hydrogens is 739 g/mol. The zero-order valence-electron chi connectivity index (χ0n) is 29.9. The van der Waals surface area contributed by atoms with Crippen LogP contribution in [0.3, 0.4) is 0 Å². The number of piperidine rings is 1. The Morgan fingerprint density at radius 3 is 2.09 bits per heavy atom. The highest BCUT2D eigenvalue weighted by molar-refractivity contribution is 5.89. The van der Waals surface area contributed by atoms with Gasteiger partial charge in [-0.05, 0) is 78.8 Å². The molecule has 0 spiro atoms. The van der Waals surface area contributed by atoms with E-state index in [0.717, 1.165) is 5.56 Å². The summed E-state index contributed by atoms with van der Waals surface area (Å²) in [5, 5.41) is 2.55. The van der Waals surface area contributed by atoms with Gasteiger partial charge in [0.2, 0.25) is 11.8 Å². The Morgan fingerprint density at radius 1 is 0.818 bits per heavy atom. The number of rotatable bonds is 9. The number of likely N-dealkylation sites (tertiary alicyclic amines) is 2. The van der Waals surface area contributed by atoms with Crippen LogP contribution < -0.4 is 16.2 Å². The van der Waals surface area contributed by atoms with Gasteiger partial charge in [-0.1, -0.05) is 36.4 Å². The second-order valence-corrected chi connectivity index (χ2v) is 13.6. The number of carbonyl (C=O) groups is 4. The molecule has 4 atom stereocenters. The number of nitrogens with zero attached hydrogens (tertiary/aromatic N) is 2. The summed E-state index contributed by atoms with van der Waals surface area (Å²) in [4.78, 5) is 55.2. The molecule has 5 amide bonds. The van der Waals surface area contributed by atoms with Crippen LogP contribution in [0, 0.1) is 18.7 Å². The second-order valence-electron chi connectivity index (χ2n) is 13.6. The van der Waals surface area contributed by atoms with E-state index in [1.165, 1.54) is 34.9 Å². The maximum absolute atomic E-state index is 14.1. The number of hydrazine groups is 1. The first kappa shape index (κ1) is 41.0. The average molecular weight is 780 g/mol. The Labute approximate surface area is 312 Å². The molecular formula is C38H40F7N5O5. The molecule has 2 fully saturated rings. The standard InChI is InChI=1S/C38H40F7N5O5/c1-22-14-29(39)8-9-31(22)32-17-26(11-13-49(32)36(54)46-12-10-25-15-27(37(40,41)42)18-28(16-25)38(43,44)45)34(52)47-48-35(53)33-19-30(20-50(33)23(2)51)55-21-24-6-4-3-5-7-24/h3-9,14-16,18,26,30,32-33H,10-13,17,19-21H2,1-2H3,(H,46,54)(H,47,52)(H,48,53)/t26-,30?,32+,33?/m0/s1. The largest absolute Gasteiger partial charge is 0.416 e. The van der Waals surface area contributed by atoms with E-state index in [4.69, 9.17) is 4.74 Å². The van der Waals surface area contributed by atoms with Gasteiger partial charge in [-0.3, -0.25) is 25.2 Å². The van der Waals surface area contributed by atoms with Gasteiger partial charge >= 0.3 is 18.4 Å². The van der Waals surface area contributed by atoms with Crippen LogP contribution in [-0.4, -0.2) is 65.3 Å². The van der Waals surface area contributed by atoms with Crippen LogP contribution in [-0.2, 0) is 44.5 Å². The predicted molar refractivity (Wildman–Crippen MR) is 184 cm³/mol. The smallest absolute Gasteiger partial charge is 0.372 e. The molecule has 0 radical (unpaired) electrons. The average Bonchev–Trinajstić information content (AvgIpc) is 3.57. The van der Waals surface area contributed by atoms with E-state index in [1.807, 2.05) is 30.3 Å². The van der Waals surface area contributed by atoms with Gasteiger partial charge in [-0.15, -0.1) is 0 Å². The van der Waals surface area contributed by atoms with Crippen molar-refractivity contribution >= 4 is 23.8 Å². The fourth-order valence-corrected chi connectivity index (χ4v) is 6.95. The summed E-state index contributed by atoms with van der Waals surface area (Å²) in [7, 11) is 0. The van der Waals surface area contributed by atoms with Gasteiger partial charge in [0.15, 0.2) is 0 Å². The molecule has 2 saturated heterocycles. The van der Waals surface area contributed by atoms with Crippen LogP contribution in [0.25, 0.3) is 0 Å². The van der Waals surface area contributed by atoms with Gasteiger partial charge in [-0.25, -0.2) is 9.18 Å². The molecule has 0 saturated carbocycles. The molecule has 2 heterocycles. The molecule has 5 rings (SSSR count). The Kier molecular flexibility index (Phi) is 12.7. The SMILES string of the molecule is CC(=O)N1CC(OCc2ccccc2)CC1C(=O)NNC(=O)[C@H]1CCN(C(=O)NCCc2cc(C(F)(F)F)cc(C(F)(F)F)c2)[C@@H](c2ccc(F)cc2C)C1. The zero-order chi connectivity index (χ0) is 40.1. The van der Waals surface area contributed by atoms with Crippen molar-refractivity contribution < 1.29 is 54.6 Å². The molecule has 296 valence electrons. The number of ether oxygens (including phenoxy) is 1. The minimum absolute atomic E-state index is 0.0116. The summed E-state index contributed by atoms with van der Waals surface area (Å²) in [6.45, 7) is 3.09. The van der Waals surface area contributed by atoms with Gasteiger partial charge in [0.1, 0.15) is 11.9 Å². The lowest BCUT2D eigenvalue weighted by molar-refractivity contribution is -0.143. The summed E-state index contributed by atoms with van der Waals surface area (Å²) < 4.78 is 100. The molecule has 0 bridgehead atoms. The summed E-state index contributed by atoms with van der Waals surface area (Å²) in [5.74, 6) is -2.84. The highest BCUT2D eigenvalue weighted by Gasteiger charge is 2.41. The van der Waals surface area contributed by atoms with Gasteiger partial charge in [0.25, 0.3) is 5.91 Å². The summed E-state index contributed by atoms with van der Waals surface area (Å²) in [6, 6.07) is 12.1. The Hall–Kier alpha value is -5.19. The first-order valence-corrected chi connectivity index (χ1v) is 17.5. The molecule has 0 aliphatic carbocycles. The van der Waals surface area contributed by atoms with Gasteiger partial charge in [0, 0.05) is 38.9 Å². The lowest BCUT2D eigenvalue weighted by Gasteiger charge is -2.40. The van der Waals surface area contributed by atoms with Crippen molar-refractivity contribution in [3.8, 4) is 0 Å². The Bertz CT molecular complexity index is 1840. The molecule has 17 heteroatoms. The monoisotopic (exact) mass is 779 g/mol. The summed E-state index contributed by atoms with van der Waals surface area (Å²) in [6.07, 6.45) is -10.5. The number of alkyl halides is 6. The van der Waals surface area contributed by atoms with Crippen molar-refractivity contribution in [1.82, 2.24) is 26.0 Å². The predicted octanol–water partition coefficient (Wildman–Crippen LogP) is 6.23. The normalized spacial score (nSPS) is 20.2. The number of hydrogen-bond donors (Lipinski definition) is 3. The number of halogens is 7. The third kappa shape index (κ3) is 10.5. The molecule has 10 nitrogen and oxygen atoms in total. The Balaban J connectivity index is 1.22. The number of hydrogen-bond acceptors (Lipinski definition) is 5. The van der Waals surface area contributed by atoms with E-state index in [2.05, 4.69) is 16.2 Å². The van der Waals surface area contributed by atoms with Crippen molar-refractivity contribution in [2.75, 3.05) is 19.6 Å². The van der Waals surface area contributed by atoms with Crippen LogP contribution in [0.5, 0.6) is 0 Å². The number of aryl methyl sites for hydroxylation is 1. The maximum Gasteiger partial charge on any atom is 0.416 e. The zero-order valence-corrected chi connectivity index (χ0v) is 29.9. The van der Waals surface area contributed by atoms with Crippen LogP contribution in [0.15, 0.2) is 66.7 Å². The molecule has 3 aromatic carbocycles. The number of nitrogens with one attached hydrogen (secondary N) is 3. The van der Waals surface area contributed by atoms with Crippen molar-refractivity contribution in [1.29, 1.82) is 0 Å². The minimum atomic E-state index is -5.02. The third-order valence-electron chi connectivity index (χ3n) is 9.77. The highest BCUT2D eigenvalue weighted by atomic mass is 19.4. The minimum Gasteiger partial charge on any atom is -0.372 e. The van der Waals surface area contributed by atoms with Crippen LogP contribution in [0.1, 0.15) is 65.6 Å². The highest BCUT2D eigenvalue weighted by Crippen LogP contribution is 2.38. The second kappa shape index (κ2) is 17.1. The third-order valence-corrected chi connectivity index (χ3v) is 9.77. The van der Waals surface area contributed by atoms with Crippen molar-refractivity contribution in [3.63, 3.8) is 0 Å². The molecule has 2 aliphatic rings. The number of amides is 5. The van der Waals surface area contributed by atoms with Crippen LogP contribution in [0.2, 0.25) is 0 Å². The number of urea groups is 1. The van der Waals surface area contributed by atoms with E-state index >= 15 is 0 Å². The van der Waals surface area contributed by atoms with Crippen molar-refractivity contribution in [2.24, 2.45) is 5.92 Å².